The molecule has 0 saturated carbocycles. The summed E-state index contributed by atoms with van der Waals surface area (Å²) >= 11 is 0. The monoisotopic (exact) mass is 252 g/mol. The summed E-state index contributed by atoms with van der Waals surface area (Å²) in [4.78, 5) is 11.7. The quantitative estimate of drug-likeness (QED) is 0.733. The van der Waals surface area contributed by atoms with Gasteiger partial charge in [-0.25, -0.2) is 4.39 Å². The number of rotatable bonds is 3. The molecule has 1 aromatic carbocycles. The van der Waals surface area contributed by atoms with Gasteiger partial charge in [-0.1, -0.05) is 12.1 Å². The van der Waals surface area contributed by atoms with Gasteiger partial charge in [-0.3, -0.25) is 4.79 Å². The van der Waals surface area contributed by atoms with Gasteiger partial charge in [0.15, 0.2) is 0 Å². The van der Waals surface area contributed by atoms with Crippen LogP contribution < -0.4 is 10.6 Å². The van der Waals surface area contributed by atoms with Crippen molar-refractivity contribution in [3.63, 3.8) is 0 Å². The molecule has 0 bridgehead atoms. The Balaban J connectivity index is 1.87. The van der Waals surface area contributed by atoms with Crippen LogP contribution in [0, 0.1) is 12.7 Å². The number of aryl methyl sites for hydroxylation is 1. The van der Waals surface area contributed by atoms with Crippen molar-refractivity contribution in [2.24, 2.45) is 0 Å². The third-order valence-electron chi connectivity index (χ3n) is 3.13. The predicted octanol–water partition coefficient (Wildman–Crippen LogP) is 0.473. The van der Waals surface area contributed by atoms with Crippen molar-refractivity contribution in [3.8, 4) is 0 Å². The van der Waals surface area contributed by atoms with Crippen molar-refractivity contribution in [2.75, 3.05) is 6.54 Å². The summed E-state index contributed by atoms with van der Waals surface area (Å²) in [5, 5.41) is 15.0. The fourth-order valence-corrected chi connectivity index (χ4v) is 1.98. The standard InChI is InChI=1S/C13H17FN2O2/c1-8-2-3-9(4-11(8)14)6-16-13(18)12-5-10(17)7-15-12/h2-4,10,12,15,17H,5-7H2,1H3,(H,16,18)/t10-,12+/m0/s1. The van der Waals surface area contributed by atoms with Crippen LogP contribution in [0.4, 0.5) is 4.39 Å². The zero-order valence-corrected chi connectivity index (χ0v) is 10.2. The second-order valence-electron chi connectivity index (χ2n) is 4.65. The lowest BCUT2D eigenvalue weighted by Crippen LogP contribution is -2.40. The first kappa shape index (κ1) is 13.0. The first-order valence-electron chi connectivity index (χ1n) is 6.00. The van der Waals surface area contributed by atoms with Gasteiger partial charge in [-0.2, -0.15) is 0 Å². The number of hydrogen-bond donors (Lipinski definition) is 3. The number of aliphatic hydroxyl groups excluding tert-OH is 1. The van der Waals surface area contributed by atoms with E-state index in [2.05, 4.69) is 10.6 Å². The molecule has 0 unspecified atom stereocenters. The molecule has 1 aliphatic rings. The van der Waals surface area contributed by atoms with E-state index in [0.29, 0.717) is 25.1 Å². The minimum absolute atomic E-state index is 0.160. The van der Waals surface area contributed by atoms with Gasteiger partial charge < -0.3 is 15.7 Å². The molecule has 1 heterocycles. The highest BCUT2D eigenvalue weighted by Crippen LogP contribution is 2.10. The zero-order chi connectivity index (χ0) is 13.1. The molecule has 2 rings (SSSR count). The van der Waals surface area contributed by atoms with E-state index in [1.807, 2.05) is 0 Å². The van der Waals surface area contributed by atoms with Gasteiger partial charge in [0, 0.05) is 13.1 Å². The van der Waals surface area contributed by atoms with Crippen LogP contribution in [-0.4, -0.2) is 29.7 Å². The Morgan fingerprint density at radius 3 is 3.00 bits per heavy atom. The molecule has 3 N–H and O–H groups in total. The first-order chi connectivity index (χ1) is 8.56. The molecule has 1 fully saturated rings. The van der Waals surface area contributed by atoms with Crippen LogP contribution in [-0.2, 0) is 11.3 Å². The fraction of sp³-hybridized carbons (Fsp3) is 0.462. The van der Waals surface area contributed by atoms with Crippen LogP contribution in [0.3, 0.4) is 0 Å². The number of aliphatic hydroxyl groups is 1. The number of β-amino-alcohol motifs (C(OH)–C–C–N with tert-alkyl or cyclic N) is 1. The number of carbonyl (C=O) groups is 1. The topological polar surface area (TPSA) is 61.4 Å². The molecule has 0 aliphatic carbocycles. The van der Waals surface area contributed by atoms with Crippen LogP contribution in [0.2, 0.25) is 0 Å². The number of nitrogens with one attached hydrogen (secondary N) is 2. The van der Waals surface area contributed by atoms with E-state index in [1.54, 1.807) is 19.1 Å². The largest absolute Gasteiger partial charge is 0.392 e. The molecular formula is C13H17FN2O2. The van der Waals surface area contributed by atoms with Crippen LogP contribution >= 0.6 is 0 Å². The average molecular weight is 252 g/mol. The van der Waals surface area contributed by atoms with Crippen molar-refractivity contribution in [3.05, 3.63) is 35.1 Å². The van der Waals surface area contributed by atoms with Gasteiger partial charge in [-0.05, 0) is 30.5 Å². The Hall–Kier alpha value is -1.46. The van der Waals surface area contributed by atoms with Crippen molar-refractivity contribution >= 4 is 5.91 Å². The maximum absolute atomic E-state index is 13.3. The van der Waals surface area contributed by atoms with E-state index in [0.717, 1.165) is 5.56 Å². The lowest BCUT2D eigenvalue weighted by molar-refractivity contribution is -0.123. The van der Waals surface area contributed by atoms with Gasteiger partial charge >= 0.3 is 0 Å². The van der Waals surface area contributed by atoms with Crippen molar-refractivity contribution in [1.82, 2.24) is 10.6 Å². The molecule has 98 valence electrons. The molecule has 0 spiro atoms. The van der Waals surface area contributed by atoms with Crippen molar-refractivity contribution in [1.29, 1.82) is 0 Å². The Morgan fingerprint density at radius 1 is 1.61 bits per heavy atom. The van der Waals surface area contributed by atoms with Crippen molar-refractivity contribution in [2.45, 2.75) is 32.0 Å². The zero-order valence-electron chi connectivity index (χ0n) is 10.2. The molecule has 0 aromatic heterocycles. The SMILES string of the molecule is Cc1ccc(CNC(=O)[C@H]2C[C@H](O)CN2)cc1F. The number of amides is 1. The molecular weight excluding hydrogens is 235 g/mol. The minimum Gasteiger partial charge on any atom is -0.392 e. The molecule has 1 aromatic rings. The van der Waals surface area contributed by atoms with E-state index >= 15 is 0 Å². The molecule has 1 saturated heterocycles. The molecule has 1 aliphatic heterocycles. The average Bonchev–Trinajstić information content (AvgIpc) is 2.77. The summed E-state index contributed by atoms with van der Waals surface area (Å²) in [5.74, 6) is -0.427. The van der Waals surface area contributed by atoms with Gasteiger partial charge in [0.25, 0.3) is 0 Å². The summed E-state index contributed by atoms with van der Waals surface area (Å²) in [6.07, 6.45) is -0.0359. The second-order valence-corrected chi connectivity index (χ2v) is 4.65. The summed E-state index contributed by atoms with van der Waals surface area (Å²) in [7, 11) is 0. The van der Waals surface area contributed by atoms with E-state index in [-0.39, 0.29) is 17.8 Å². The Labute approximate surface area is 105 Å². The summed E-state index contributed by atoms with van der Waals surface area (Å²) in [5.41, 5.74) is 1.32. The van der Waals surface area contributed by atoms with Crippen LogP contribution in [0.5, 0.6) is 0 Å². The Bertz CT molecular complexity index is 451. The van der Waals surface area contributed by atoms with Crippen LogP contribution in [0.1, 0.15) is 17.5 Å². The number of carbonyl (C=O) groups excluding carboxylic acids is 1. The Kier molecular flexibility index (Phi) is 3.93. The predicted molar refractivity (Wildman–Crippen MR) is 65.4 cm³/mol. The second kappa shape index (κ2) is 5.46. The van der Waals surface area contributed by atoms with E-state index in [4.69, 9.17) is 0 Å². The summed E-state index contributed by atoms with van der Waals surface area (Å²) < 4.78 is 13.3. The highest BCUT2D eigenvalue weighted by Gasteiger charge is 2.27. The minimum atomic E-state index is -0.461. The normalized spacial score (nSPS) is 23.1. The number of benzene rings is 1. The lowest BCUT2D eigenvalue weighted by atomic mass is 10.1. The number of halogens is 1. The highest BCUT2D eigenvalue weighted by molar-refractivity contribution is 5.82. The highest BCUT2D eigenvalue weighted by atomic mass is 19.1. The molecule has 2 atom stereocenters. The van der Waals surface area contributed by atoms with Gasteiger partial charge in [0.05, 0.1) is 12.1 Å². The third-order valence-corrected chi connectivity index (χ3v) is 3.13. The molecule has 4 nitrogen and oxygen atoms in total. The van der Waals surface area contributed by atoms with E-state index < -0.39 is 6.10 Å². The van der Waals surface area contributed by atoms with Crippen molar-refractivity contribution < 1.29 is 14.3 Å². The van der Waals surface area contributed by atoms with E-state index in [9.17, 15) is 14.3 Å². The molecule has 18 heavy (non-hydrogen) atoms. The maximum Gasteiger partial charge on any atom is 0.237 e. The van der Waals surface area contributed by atoms with Crippen LogP contribution in [0.25, 0.3) is 0 Å². The van der Waals surface area contributed by atoms with Gasteiger partial charge in [0.1, 0.15) is 5.82 Å². The Morgan fingerprint density at radius 2 is 2.39 bits per heavy atom. The molecule has 1 amide bonds. The lowest BCUT2D eigenvalue weighted by Gasteiger charge is -2.11. The fourth-order valence-electron chi connectivity index (χ4n) is 1.98. The van der Waals surface area contributed by atoms with Gasteiger partial charge in [0.2, 0.25) is 5.91 Å². The summed E-state index contributed by atoms with van der Waals surface area (Å²) in [6.45, 7) is 2.43. The van der Waals surface area contributed by atoms with Crippen LogP contribution in [0.15, 0.2) is 18.2 Å². The maximum atomic E-state index is 13.3. The molecule has 0 radical (unpaired) electrons. The number of hydrogen-bond acceptors (Lipinski definition) is 3. The third kappa shape index (κ3) is 3.05. The van der Waals surface area contributed by atoms with E-state index in [1.165, 1.54) is 6.07 Å². The van der Waals surface area contributed by atoms with Gasteiger partial charge in [-0.15, -0.1) is 0 Å². The molecule has 5 heteroatoms. The summed E-state index contributed by atoms with van der Waals surface area (Å²) in [6, 6.07) is 4.55. The first-order valence-corrected chi connectivity index (χ1v) is 6.00. The smallest absolute Gasteiger partial charge is 0.237 e.